The van der Waals surface area contributed by atoms with Gasteiger partial charge in [0.2, 0.25) is 0 Å². The van der Waals surface area contributed by atoms with Crippen LogP contribution in [0, 0.1) is 17.8 Å². The molecule has 1 fully saturated rings. The third-order valence-electron chi connectivity index (χ3n) is 3.55. The number of hydrogen-bond acceptors (Lipinski definition) is 4. The first-order chi connectivity index (χ1) is 10.2. The second kappa shape index (κ2) is 8.18. The standard InChI is InChI=1S/C16H21NO3S/c1-2-14-12(8-10-20-14)11-17-16(19)15-7-6-13(21-15)5-3-4-9-18/h6-7,12,14,18H,2,4,8-11H2,1H3,(H,17,19). The van der Waals surface area contributed by atoms with Gasteiger partial charge in [-0.25, -0.2) is 0 Å². The maximum absolute atomic E-state index is 12.1. The van der Waals surface area contributed by atoms with Gasteiger partial charge in [0.15, 0.2) is 0 Å². The number of rotatable bonds is 5. The van der Waals surface area contributed by atoms with Crippen molar-refractivity contribution < 1.29 is 14.6 Å². The highest BCUT2D eigenvalue weighted by atomic mass is 32.1. The fourth-order valence-corrected chi connectivity index (χ4v) is 3.22. The van der Waals surface area contributed by atoms with Crippen molar-refractivity contribution in [2.24, 2.45) is 5.92 Å². The molecule has 0 saturated carbocycles. The lowest BCUT2D eigenvalue weighted by atomic mass is 10.00. The molecule has 0 bridgehead atoms. The van der Waals surface area contributed by atoms with Crippen LogP contribution in [0.25, 0.3) is 0 Å². The molecule has 114 valence electrons. The molecule has 1 aromatic rings. The van der Waals surface area contributed by atoms with E-state index in [4.69, 9.17) is 9.84 Å². The first-order valence-electron chi connectivity index (χ1n) is 7.34. The van der Waals surface area contributed by atoms with E-state index in [1.807, 2.05) is 6.07 Å². The van der Waals surface area contributed by atoms with Gasteiger partial charge in [0.05, 0.1) is 22.5 Å². The monoisotopic (exact) mass is 307 g/mol. The van der Waals surface area contributed by atoms with E-state index in [9.17, 15) is 4.79 Å². The number of nitrogens with one attached hydrogen (secondary N) is 1. The smallest absolute Gasteiger partial charge is 0.261 e. The summed E-state index contributed by atoms with van der Waals surface area (Å²) < 4.78 is 5.62. The highest BCUT2D eigenvalue weighted by Crippen LogP contribution is 2.23. The zero-order valence-electron chi connectivity index (χ0n) is 12.2. The van der Waals surface area contributed by atoms with Crippen LogP contribution in [0.1, 0.15) is 40.7 Å². The predicted molar refractivity (Wildman–Crippen MR) is 83.4 cm³/mol. The maximum Gasteiger partial charge on any atom is 0.261 e. The Morgan fingerprint density at radius 1 is 1.57 bits per heavy atom. The van der Waals surface area contributed by atoms with Crippen LogP contribution < -0.4 is 5.32 Å². The summed E-state index contributed by atoms with van der Waals surface area (Å²) in [4.78, 5) is 13.6. The van der Waals surface area contributed by atoms with Gasteiger partial charge in [0, 0.05) is 25.5 Å². The average Bonchev–Trinajstić information content (AvgIpc) is 3.13. The SMILES string of the molecule is CCC1OCCC1CNC(=O)c1ccc(C#CCCO)s1. The van der Waals surface area contributed by atoms with Gasteiger partial charge in [0.1, 0.15) is 0 Å². The van der Waals surface area contributed by atoms with Crippen LogP contribution in [0.5, 0.6) is 0 Å². The Morgan fingerprint density at radius 2 is 2.43 bits per heavy atom. The molecule has 1 saturated heterocycles. The fraction of sp³-hybridized carbons (Fsp3) is 0.562. The predicted octanol–water partition coefficient (Wildman–Crippen LogP) is 2.03. The van der Waals surface area contributed by atoms with Gasteiger partial charge in [-0.2, -0.15) is 0 Å². The van der Waals surface area contributed by atoms with Crippen LogP contribution in [0.3, 0.4) is 0 Å². The second-order valence-electron chi connectivity index (χ2n) is 5.02. The Bertz CT molecular complexity index is 529. The topological polar surface area (TPSA) is 58.6 Å². The Balaban J connectivity index is 1.85. The molecule has 4 nitrogen and oxygen atoms in total. The molecule has 2 N–H and O–H groups in total. The summed E-state index contributed by atoms with van der Waals surface area (Å²) >= 11 is 1.38. The molecule has 1 aliphatic rings. The van der Waals surface area contributed by atoms with Crippen molar-refractivity contribution in [2.45, 2.75) is 32.3 Å². The quantitative estimate of drug-likeness (QED) is 0.818. The molecular formula is C16H21NO3S. The van der Waals surface area contributed by atoms with Crippen molar-refractivity contribution in [2.75, 3.05) is 19.8 Å². The Morgan fingerprint density at radius 3 is 3.19 bits per heavy atom. The van der Waals surface area contributed by atoms with Gasteiger partial charge in [-0.1, -0.05) is 18.8 Å². The number of aliphatic hydroxyl groups excluding tert-OH is 1. The van der Waals surface area contributed by atoms with E-state index in [0.29, 0.717) is 23.8 Å². The first kappa shape index (κ1) is 16.0. The summed E-state index contributed by atoms with van der Waals surface area (Å²) in [7, 11) is 0. The van der Waals surface area contributed by atoms with E-state index in [2.05, 4.69) is 24.1 Å². The molecule has 2 heterocycles. The molecule has 0 aliphatic carbocycles. The normalized spacial score (nSPS) is 20.9. The lowest BCUT2D eigenvalue weighted by Crippen LogP contribution is -2.32. The van der Waals surface area contributed by atoms with Crippen molar-refractivity contribution in [3.63, 3.8) is 0 Å². The molecule has 5 heteroatoms. The molecule has 0 spiro atoms. The van der Waals surface area contributed by atoms with Crippen LogP contribution in [0.2, 0.25) is 0 Å². The lowest BCUT2D eigenvalue weighted by molar-refractivity contribution is 0.0828. The lowest BCUT2D eigenvalue weighted by Gasteiger charge is -2.16. The minimum absolute atomic E-state index is 0.0445. The van der Waals surface area contributed by atoms with E-state index < -0.39 is 0 Å². The van der Waals surface area contributed by atoms with Crippen LogP contribution in [0.15, 0.2) is 12.1 Å². The largest absolute Gasteiger partial charge is 0.395 e. The van der Waals surface area contributed by atoms with Gasteiger partial charge in [0.25, 0.3) is 5.91 Å². The van der Waals surface area contributed by atoms with Gasteiger partial charge >= 0.3 is 0 Å². The highest BCUT2D eigenvalue weighted by molar-refractivity contribution is 7.14. The summed E-state index contributed by atoms with van der Waals surface area (Å²) in [5.74, 6) is 6.17. The summed E-state index contributed by atoms with van der Waals surface area (Å²) in [6.45, 7) is 3.64. The Labute approximate surface area is 129 Å². The van der Waals surface area contributed by atoms with Crippen LogP contribution in [0.4, 0.5) is 0 Å². The summed E-state index contributed by atoms with van der Waals surface area (Å²) in [5.41, 5.74) is 0. The maximum atomic E-state index is 12.1. The van der Waals surface area contributed by atoms with E-state index in [0.717, 1.165) is 24.3 Å². The van der Waals surface area contributed by atoms with Gasteiger partial charge in [-0.15, -0.1) is 11.3 Å². The van der Waals surface area contributed by atoms with E-state index in [-0.39, 0.29) is 18.6 Å². The Kier molecular flexibility index (Phi) is 6.24. The molecular weight excluding hydrogens is 286 g/mol. The molecule has 21 heavy (non-hydrogen) atoms. The second-order valence-corrected chi connectivity index (χ2v) is 6.10. The summed E-state index contributed by atoms with van der Waals surface area (Å²) in [6.07, 6.45) is 2.73. The first-order valence-corrected chi connectivity index (χ1v) is 8.15. The molecule has 2 unspecified atom stereocenters. The number of amides is 1. The average molecular weight is 307 g/mol. The van der Waals surface area contributed by atoms with Crippen LogP contribution in [-0.4, -0.2) is 36.9 Å². The van der Waals surface area contributed by atoms with Gasteiger partial charge < -0.3 is 15.2 Å². The zero-order valence-corrected chi connectivity index (χ0v) is 13.0. The fourth-order valence-electron chi connectivity index (χ4n) is 2.42. The van der Waals surface area contributed by atoms with Crippen molar-refractivity contribution in [1.82, 2.24) is 5.32 Å². The number of aliphatic hydroxyl groups is 1. The molecule has 1 amide bonds. The van der Waals surface area contributed by atoms with E-state index in [1.165, 1.54) is 11.3 Å². The van der Waals surface area contributed by atoms with Crippen LogP contribution >= 0.6 is 11.3 Å². The molecule has 0 radical (unpaired) electrons. The van der Waals surface area contributed by atoms with Gasteiger partial charge in [-0.05, 0) is 25.0 Å². The number of ether oxygens (including phenoxy) is 1. The number of carbonyl (C=O) groups excluding carboxylic acids is 1. The number of carbonyl (C=O) groups is 1. The number of thiophene rings is 1. The van der Waals surface area contributed by atoms with Crippen LogP contribution in [-0.2, 0) is 4.74 Å². The van der Waals surface area contributed by atoms with Gasteiger partial charge in [-0.3, -0.25) is 4.79 Å². The molecule has 0 aromatic carbocycles. The van der Waals surface area contributed by atoms with Crippen molar-refractivity contribution in [1.29, 1.82) is 0 Å². The summed E-state index contributed by atoms with van der Waals surface area (Å²) in [5, 5.41) is 11.7. The molecule has 2 rings (SSSR count). The molecule has 1 aromatic heterocycles. The third-order valence-corrected chi connectivity index (χ3v) is 4.55. The zero-order chi connectivity index (χ0) is 15.1. The minimum atomic E-state index is -0.0445. The number of hydrogen-bond donors (Lipinski definition) is 2. The molecule has 2 atom stereocenters. The van der Waals surface area contributed by atoms with E-state index >= 15 is 0 Å². The Hall–Kier alpha value is -1.35. The van der Waals surface area contributed by atoms with Crippen molar-refractivity contribution >= 4 is 17.2 Å². The molecule has 1 aliphatic heterocycles. The highest BCUT2D eigenvalue weighted by Gasteiger charge is 2.27. The van der Waals surface area contributed by atoms with Crippen molar-refractivity contribution in [3.05, 3.63) is 21.9 Å². The third kappa shape index (κ3) is 4.57. The van der Waals surface area contributed by atoms with Crippen molar-refractivity contribution in [3.8, 4) is 11.8 Å². The summed E-state index contributed by atoms with van der Waals surface area (Å²) in [6, 6.07) is 3.64. The minimum Gasteiger partial charge on any atom is -0.395 e. The van der Waals surface area contributed by atoms with E-state index in [1.54, 1.807) is 6.07 Å².